The summed E-state index contributed by atoms with van der Waals surface area (Å²) < 4.78 is 6.91. The van der Waals surface area contributed by atoms with Gasteiger partial charge in [0, 0.05) is 24.5 Å². The molecule has 1 amide bonds. The van der Waals surface area contributed by atoms with Gasteiger partial charge < -0.3 is 10.1 Å². The van der Waals surface area contributed by atoms with Gasteiger partial charge in [-0.15, -0.1) is 0 Å². The van der Waals surface area contributed by atoms with E-state index in [4.69, 9.17) is 4.74 Å². The third-order valence-corrected chi connectivity index (χ3v) is 3.53. The lowest BCUT2D eigenvalue weighted by molar-refractivity contribution is 0.0951. The maximum absolute atomic E-state index is 12.1. The zero-order valence-electron chi connectivity index (χ0n) is 13.3. The van der Waals surface area contributed by atoms with Crippen LogP contribution in [0.2, 0.25) is 0 Å². The van der Waals surface area contributed by atoms with Gasteiger partial charge in [0.1, 0.15) is 11.4 Å². The molecule has 0 radical (unpaired) electrons. The highest BCUT2D eigenvalue weighted by Crippen LogP contribution is 2.13. The molecular weight excluding hydrogens is 304 g/mol. The zero-order valence-corrected chi connectivity index (χ0v) is 13.3. The monoisotopic (exact) mass is 322 g/mol. The quantitative estimate of drug-likeness (QED) is 0.756. The molecule has 3 aromatic rings. The van der Waals surface area contributed by atoms with Crippen molar-refractivity contribution in [3.63, 3.8) is 0 Å². The van der Waals surface area contributed by atoms with Crippen LogP contribution < -0.4 is 10.1 Å². The molecule has 2 aromatic heterocycles. The Morgan fingerprint density at radius 3 is 2.88 bits per heavy atom. The maximum atomic E-state index is 12.1. The van der Waals surface area contributed by atoms with Gasteiger partial charge in [-0.25, -0.2) is 0 Å². The smallest absolute Gasteiger partial charge is 0.251 e. The number of carbonyl (C=O) groups is 1. The molecular formula is C18H18N4O2. The lowest BCUT2D eigenvalue weighted by atomic mass is 10.2. The Morgan fingerprint density at radius 1 is 1.17 bits per heavy atom. The molecule has 0 saturated carbocycles. The molecule has 0 spiro atoms. The number of nitrogens with one attached hydrogen (secondary N) is 1. The van der Waals surface area contributed by atoms with Gasteiger partial charge >= 0.3 is 0 Å². The lowest BCUT2D eigenvalue weighted by Crippen LogP contribution is -2.27. The average molecular weight is 322 g/mol. The van der Waals surface area contributed by atoms with E-state index in [1.165, 1.54) is 0 Å². The highest BCUT2D eigenvalue weighted by atomic mass is 16.5. The van der Waals surface area contributed by atoms with Gasteiger partial charge in [0.2, 0.25) is 0 Å². The predicted octanol–water partition coefficient (Wildman–Crippen LogP) is 2.38. The second-order valence-electron chi connectivity index (χ2n) is 5.17. The zero-order chi connectivity index (χ0) is 16.8. The predicted molar refractivity (Wildman–Crippen MR) is 90.8 cm³/mol. The van der Waals surface area contributed by atoms with Crippen LogP contribution in [0.3, 0.4) is 0 Å². The van der Waals surface area contributed by atoms with Crippen LogP contribution in [0.1, 0.15) is 10.4 Å². The molecule has 6 nitrogen and oxygen atoms in total. The number of nitrogens with zero attached hydrogens (tertiary/aromatic N) is 3. The number of benzene rings is 1. The highest BCUT2D eigenvalue weighted by molar-refractivity contribution is 5.94. The molecule has 0 fully saturated rings. The number of amides is 1. The number of methoxy groups -OCH3 is 1. The van der Waals surface area contributed by atoms with Crippen LogP contribution in [-0.2, 0) is 6.54 Å². The van der Waals surface area contributed by atoms with Crippen molar-refractivity contribution in [2.45, 2.75) is 6.54 Å². The fourth-order valence-electron chi connectivity index (χ4n) is 2.29. The second-order valence-corrected chi connectivity index (χ2v) is 5.17. The minimum Gasteiger partial charge on any atom is -0.497 e. The topological polar surface area (TPSA) is 69.0 Å². The standard InChI is InChI=1S/C18H18N4O2/c1-24-15-6-4-5-14(13-15)18(23)20-10-12-22-11-8-17(21-22)16-7-2-3-9-19-16/h2-9,11,13H,10,12H2,1H3,(H,20,23). The van der Waals surface area contributed by atoms with Crippen molar-refractivity contribution < 1.29 is 9.53 Å². The van der Waals surface area contributed by atoms with Crippen molar-refractivity contribution in [2.75, 3.05) is 13.7 Å². The van der Waals surface area contributed by atoms with Gasteiger partial charge in [0.05, 0.1) is 19.3 Å². The van der Waals surface area contributed by atoms with Gasteiger partial charge in [0.25, 0.3) is 5.91 Å². The van der Waals surface area contributed by atoms with Crippen molar-refractivity contribution in [1.82, 2.24) is 20.1 Å². The molecule has 0 atom stereocenters. The second kappa shape index (κ2) is 7.41. The third-order valence-electron chi connectivity index (χ3n) is 3.53. The van der Waals surface area contributed by atoms with E-state index in [-0.39, 0.29) is 5.91 Å². The van der Waals surface area contributed by atoms with Crippen LogP contribution in [0.25, 0.3) is 11.4 Å². The highest BCUT2D eigenvalue weighted by Gasteiger charge is 2.07. The summed E-state index contributed by atoms with van der Waals surface area (Å²) in [5.74, 6) is 0.528. The molecule has 0 aliphatic rings. The van der Waals surface area contributed by atoms with Crippen LogP contribution >= 0.6 is 0 Å². The molecule has 0 aliphatic carbocycles. The van der Waals surface area contributed by atoms with Crippen molar-refractivity contribution in [3.05, 3.63) is 66.5 Å². The first-order valence-electron chi connectivity index (χ1n) is 7.63. The average Bonchev–Trinajstić information content (AvgIpc) is 3.11. The first-order valence-corrected chi connectivity index (χ1v) is 7.63. The molecule has 1 N–H and O–H groups in total. The summed E-state index contributed by atoms with van der Waals surface area (Å²) in [5.41, 5.74) is 2.22. The van der Waals surface area contributed by atoms with Gasteiger partial charge in [0.15, 0.2) is 0 Å². The first kappa shape index (κ1) is 15.7. The fraction of sp³-hybridized carbons (Fsp3) is 0.167. The van der Waals surface area contributed by atoms with Crippen molar-refractivity contribution in [3.8, 4) is 17.1 Å². The van der Waals surface area contributed by atoms with Gasteiger partial charge in [-0.2, -0.15) is 5.10 Å². The third kappa shape index (κ3) is 3.78. The van der Waals surface area contributed by atoms with E-state index in [9.17, 15) is 4.79 Å². The Kier molecular flexibility index (Phi) is 4.86. The Hall–Kier alpha value is -3.15. The minimum atomic E-state index is -0.133. The number of carbonyl (C=O) groups excluding carboxylic acids is 1. The summed E-state index contributed by atoms with van der Waals surface area (Å²) in [4.78, 5) is 16.4. The van der Waals surface area contributed by atoms with E-state index in [0.29, 0.717) is 24.4 Å². The number of aromatic nitrogens is 3. The normalized spacial score (nSPS) is 10.4. The van der Waals surface area contributed by atoms with Crippen LogP contribution in [0.4, 0.5) is 0 Å². The van der Waals surface area contributed by atoms with E-state index in [1.807, 2.05) is 30.5 Å². The number of hydrogen-bond donors (Lipinski definition) is 1. The molecule has 1 aromatic carbocycles. The summed E-state index contributed by atoms with van der Waals surface area (Å²) in [5, 5.41) is 7.34. The molecule has 122 valence electrons. The van der Waals surface area contributed by atoms with Crippen molar-refractivity contribution in [1.29, 1.82) is 0 Å². The van der Waals surface area contributed by atoms with E-state index >= 15 is 0 Å². The number of rotatable bonds is 6. The Bertz CT molecular complexity index is 815. The maximum Gasteiger partial charge on any atom is 0.251 e. The molecule has 0 bridgehead atoms. The summed E-state index contributed by atoms with van der Waals surface area (Å²) in [6, 6.07) is 14.7. The summed E-state index contributed by atoms with van der Waals surface area (Å²) >= 11 is 0. The largest absolute Gasteiger partial charge is 0.497 e. The fourth-order valence-corrected chi connectivity index (χ4v) is 2.29. The van der Waals surface area contributed by atoms with Crippen LogP contribution in [0.15, 0.2) is 60.9 Å². The Balaban J connectivity index is 1.55. The molecule has 3 rings (SSSR count). The molecule has 0 unspecified atom stereocenters. The summed E-state index contributed by atoms with van der Waals surface area (Å²) in [6.07, 6.45) is 3.62. The molecule has 0 aliphatic heterocycles. The Labute approximate surface area is 140 Å². The van der Waals surface area contributed by atoms with Crippen molar-refractivity contribution >= 4 is 5.91 Å². The molecule has 24 heavy (non-hydrogen) atoms. The van der Waals surface area contributed by atoms with Gasteiger partial charge in [-0.3, -0.25) is 14.5 Å². The van der Waals surface area contributed by atoms with Gasteiger partial charge in [-0.1, -0.05) is 12.1 Å². The first-order chi connectivity index (χ1) is 11.8. The summed E-state index contributed by atoms with van der Waals surface area (Å²) in [6.45, 7) is 1.07. The molecule has 6 heteroatoms. The number of ether oxygens (including phenoxy) is 1. The SMILES string of the molecule is COc1cccc(C(=O)NCCn2ccc(-c3ccccn3)n2)c1. The minimum absolute atomic E-state index is 0.133. The van der Waals surface area contributed by atoms with Crippen molar-refractivity contribution in [2.24, 2.45) is 0 Å². The van der Waals surface area contributed by atoms with Crippen LogP contribution in [0.5, 0.6) is 5.75 Å². The number of hydrogen-bond acceptors (Lipinski definition) is 4. The van der Waals surface area contributed by atoms with Gasteiger partial charge in [-0.05, 0) is 36.4 Å². The van der Waals surface area contributed by atoms with E-state index in [0.717, 1.165) is 11.4 Å². The Morgan fingerprint density at radius 2 is 2.08 bits per heavy atom. The number of pyridine rings is 1. The van der Waals surface area contributed by atoms with Crippen LogP contribution in [0, 0.1) is 0 Å². The van der Waals surface area contributed by atoms with E-state index < -0.39 is 0 Å². The molecule has 2 heterocycles. The van der Waals surface area contributed by atoms with E-state index in [1.54, 1.807) is 42.3 Å². The van der Waals surface area contributed by atoms with E-state index in [2.05, 4.69) is 15.4 Å². The molecule has 0 saturated heterocycles. The lowest BCUT2D eigenvalue weighted by Gasteiger charge is -2.07. The summed E-state index contributed by atoms with van der Waals surface area (Å²) in [7, 11) is 1.58. The van der Waals surface area contributed by atoms with Crippen LogP contribution in [-0.4, -0.2) is 34.3 Å².